The van der Waals surface area contributed by atoms with E-state index in [2.05, 4.69) is 26.1 Å². The number of nitrogens with one attached hydrogen (secondary N) is 3. The molecule has 0 unspecified atom stereocenters. The first-order valence-corrected chi connectivity index (χ1v) is 9.84. The van der Waals surface area contributed by atoms with Crippen LogP contribution in [0.5, 0.6) is 0 Å². The van der Waals surface area contributed by atoms with E-state index in [9.17, 15) is 9.59 Å². The number of carbonyl (C=O) groups excluding carboxylic acids is 2. The number of hydrogen-bond acceptors (Lipinski definition) is 6. The van der Waals surface area contributed by atoms with Gasteiger partial charge in [0, 0.05) is 11.4 Å². The lowest BCUT2D eigenvalue weighted by atomic mass is 10.2. The van der Waals surface area contributed by atoms with E-state index in [4.69, 9.17) is 0 Å². The largest absolute Gasteiger partial charge is 0.325 e. The van der Waals surface area contributed by atoms with Gasteiger partial charge in [-0.25, -0.2) is 4.79 Å². The standard InChI is InChI=1S/C18H17N5O2S2/c1-12-7-9-14(10-8-12)19-15(24)11-26-18-23-22-17(27-18)21-16(25)20-13-5-3-2-4-6-13/h2-10H,11H2,1H3,(H,19,24)(H2,20,21,22,25). The summed E-state index contributed by atoms with van der Waals surface area (Å²) in [6, 6.07) is 16.3. The van der Waals surface area contributed by atoms with Gasteiger partial charge in [0.15, 0.2) is 4.34 Å². The Morgan fingerprint density at radius 2 is 1.63 bits per heavy atom. The van der Waals surface area contributed by atoms with Gasteiger partial charge in [0.1, 0.15) is 0 Å². The number of nitrogens with zero attached hydrogens (tertiary/aromatic N) is 2. The predicted molar refractivity (Wildman–Crippen MR) is 110 cm³/mol. The van der Waals surface area contributed by atoms with Crippen LogP contribution in [0.3, 0.4) is 0 Å². The lowest BCUT2D eigenvalue weighted by molar-refractivity contribution is -0.113. The third-order valence-electron chi connectivity index (χ3n) is 3.32. The van der Waals surface area contributed by atoms with E-state index >= 15 is 0 Å². The van der Waals surface area contributed by atoms with E-state index in [1.807, 2.05) is 49.4 Å². The first-order valence-electron chi connectivity index (χ1n) is 8.04. The van der Waals surface area contributed by atoms with Crippen LogP contribution in [0.25, 0.3) is 0 Å². The van der Waals surface area contributed by atoms with E-state index in [1.54, 1.807) is 12.1 Å². The molecule has 0 aliphatic carbocycles. The van der Waals surface area contributed by atoms with Gasteiger partial charge in [-0.05, 0) is 31.2 Å². The topological polar surface area (TPSA) is 96.0 Å². The molecule has 0 saturated carbocycles. The summed E-state index contributed by atoms with van der Waals surface area (Å²) in [4.78, 5) is 23.9. The quantitative estimate of drug-likeness (QED) is 0.426. The monoisotopic (exact) mass is 399 g/mol. The highest BCUT2D eigenvalue weighted by Gasteiger charge is 2.11. The maximum Gasteiger partial charge on any atom is 0.325 e. The van der Waals surface area contributed by atoms with Crippen LogP contribution in [0.4, 0.5) is 21.3 Å². The van der Waals surface area contributed by atoms with Crippen LogP contribution in [-0.2, 0) is 4.79 Å². The number of urea groups is 1. The second-order valence-corrected chi connectivity index (χ2v) is 7.72. The van der Waals surface area contributed by atoms with Crippen molar-refractivity contribution in [2.45, 2.75) is 11.3 Å². The van der Waals surface area contributed by atoms with Crippen LogP contribution in [-0.4, -0.2) is 27.9 Å². The summed E-state index contributed by atoms with van der Waals surface area (Å²) in [5.74, 6) is 0.0778. The number of aromatic nitrogens is 2. The third-order valence-corrected chi connectivity index (χ3v) is 5.29. The van der Waals surface area contributed by atoms with Crippen molar-refractivity contribution in [2.75, 3.05) is 21.7 Å². The summed E-state index contributed by atoms with van der Waals surface area (Å²) < 4.78 is 0.601. The molecule has 0 aliphatic rings. The smallest absolute Gasteiger partial charge is 0.325 e. The zero-order valence-corrected chi connectivity index (χ0v) is 16.1. The van der Waals surface area contributed by atoms with Gasteiger partial charge in [-0.2, -0.15) is 0 Å². The molecule has 27 heavy (non-hydrogen) atoms. The predicted octanol–water partition coefficient (Wildman–Crippen LogP) is 4.22. The highest BCUT2D eigenvalue weighted by atomic mass is 32.2. The highest BCUT2D eigenvalue weighted by Crippen LogP contribution is 2.25. The zero-order chi connectivity index (χ0) is 19.1. The number of hydrogen-bond donors (Lipinski definition) is 3. The molecule has 0 saturated heterocycles. The number of thioether (sulfide) groups is 1. The van der Waals surface area contributed by atoms with Crippen molar-refractivity contribution in [3.63, 3.8) is 0 Å². The average Bonchev–Trinajstić information content (AvgIpc) is 3.10. The molecule has 1 heterocycles. The molecule has 138 valence electrons. The molecule has 3 N–H and O–H groups in total. The van der Waals surface area contributed by atoms with Gasteiger partial charge in [0.05, 0.1) is 5.75 Å². The van der Waals surface area contributed by atoms with Gasteiger partial charge in [-0.3, -0.25) is 10.1 Å². The van der Waals surface area contributed by atoms with Gasteiger partial charge in [-0.1, -0.05) is 59.0 Å². The molecule has 1 aromatic heterocycles. The fourth-order valence-electron chi connectivity index (χ4n) is 2.06. The van der Waals surface area contributed by atoms with E-state index in [-0.39, 0.29) is 11.7 Å². The number of anilines is 3. The van der Waals surface area contributed by atoms with Gasteiger partial charge in [0.25, 0.3) is 0 Å². The summed E-state index contributed by atoms with van der Waals surface area (Å²) in [6.07, 6.45) is 0. The molecule has 3 amide bonds. The normalized spacial score (nSPS) is 10.3. The lowest BCUT2D eigenvalue weighted by Gasteiger charge is -2.04. The zero-order valence-electron chi connectivity index (χ0n) is 14.4. The summed E-state index contributed by atoms with van der Waals surface area (Å²) in [5.41, 5.74) is 2.57. The van der Waals surface area contributed by atoms with Crippen molar-refractivity contribution in [3.05, 3.63) is 60.2 Å². The Balaban J connectivity index is 1.45. The van der Waals surface area contributed by atoms with Crippen LogP contribution in [0.15, 0.2) is 58.9 Å². The number of para-hydroxylation sites is 1. The van der Waals surface area contributed by atoms with Crippen molar-refractivity contribution in [1.82, 2.24) is 10.2 Å². The van der Waals surface area contributed by atoms with Crippen LogP contribution in [0.1, 0.15) is 5.56 Å². The Kier molecular flexibility index (Phi) is 6.39. The maximum absolute atomic E-state index is 12.0. The number of benzene rings is 2. The maximum atomic E-state index is 12.0. The van der Waals surface area contributed by atoms with Crippen molar-refractivity contribution in [2.24, 2.45) is 0 Å². The molecule has 3 rings (SSSR count). The Morgan fingerprint density at radius 3 is 2.37 bits per heavy atom. The second kappa shape index (κ2) is 9.15. The summed E-state index contributed by atoms with van der Waals surface area (Å²) in [5, 5.41) is 16.4. The number of aryl methyl sites for hydroxylation is 1. The molecule has 0 spiro atoms. The fourth-order valence-corrected chi connectivity index (χ4v) is 3.61. The van der Waals surface area contributed by atoms with Crippen molar-refractivity contribution >= 4 is 51.5 Å². The molecular weight excluding hydrogens is 382 g/mol. The Hall–Kier alpha value is -2.91. The number of amides is 3. The van der Waals surface area contributed by atoms with Gasteiger partial charge < -0.3 is 10.6 Å². The Morgan fingerprint density at radius 1 is 0.926 bits per heavy atom. The lowest BCUT2D eigenvalue weighted by Crippen LogP contribution is -2.19. The average molecular weight is 400 g/mol. The van der Waals surface area contributed by atoms with Crippen LogP contribution >= 0.6 is 23.1 Å². The SMILES string of the molecule is Cc1ccc(NC(=O)CSc2nnc(NC(=O)Nc3ccccc3)s2)cc1. The van der Waals surface area contributed by atoms with Gasteiger partial charge in [-0.15, -0.1) is 10.2 Å². The fraction of sp³-hybridized carbons (Fsp3) is 0.111. The van der Waals surface area contributed by atoms with Crippen LogP contribution in [0, 0.1) is 6.92 Å². The highest BCUT2D eigenvalue weighted by molar-refractivity contribution is 8.01. The van der Waals surface area contributed by atoms with Crippen molar-refractivity contribution < 1.29 is 9.59 Å². The van der Waals surface area contributed by atoms with Gasteiger partial charge in [0.2, 0.25) is 11.0 Å². The molecular formula is C18H17N5O2S2. The summed E-state index contributed by atoms with van der Waals surface area (Å²) >= 11 is 2.47. The molecule has 0 aliphatic heterocycles. The minimum atomic E-state index is -0.397. The van der Waals surface area contributed by atoms with Crippen molar-refractivity contribution in [3.8, 4) is 0 Å². The first kappa shape index (κ1) is 18.9. The summed E-state index contributed by atoms with van der Waals surface area (Å²) in [7, 11) is 0. The first-order chi connectivity index (χ1) is 13.1. The second-order valence-electron chi connectivity index (χ2n) is 5.52. The molecule has 3 aromatic rings. The molecule has 0 bridgehead atoms. The minimum Gasteiger partial charge on any atom is -0.325 e. The summed E-state index contributed by atoms with van der Waals surface area (Å²) in [6.45, 7) is 1.99. The third kappa shape index (κ3) is 6.08. The van der Waals surface area contributed by atoms with Gasteiger partial charge >= 0.3 is 6.03 Å². The molecule has 0 fully saturated rings. The van der Waals surface area contributed by atoms with E-state index < -0.39 is 6.03 Å². The van der Waals surface area contributed by atoms with E-state index in [0.717, 1.165) is 11.3 Å². The van der Waals surface area contributed by atoms with E-state index in [1.165, 1.54) is 23.1 Å². The molecule has 0 radical (unpaired) electrons. The number of carbonyl (C=O) groups is 2. The van der Waals surface area contributed by atoms with Crippen LogP contribution < -0.4 is 16.0 Å². The molecule has 7 nitrogen and oxygen atoms in total. The molecule has 9 heteroatoms. The molecule has 2 aromatic carbocycles. The van der Waals surface area contributed by atoms with Crippen molar-refractivity contribution in [1.29, 1.82) is 0 Å². The minimum absolute atomic E-state index is 0.129. The van der Waals surface area contributed by atoms with Crippen LogP contribution in [0.2, 0.25) is 0 Å². The van der Waals surface area contributed by atoms with E-state index in [0.29, 0.717) is 15.2 Å². The molecule has 0 atom stereocenters. The number of rotatable bonds is 6. The Bertz CT molecular complexity index is 913. The Labute approximate surface area is 164 Å².